The van der Waals surface area contributed by atoms with Crippen molar-refractivity contribution in [1.82, 2.24) is 19.7 Å². The minimum Gasteiger partial charge on any atom is -0.343 e. The van der Waals surface area contributed by atoms with Crippen LogP contribution in [0.3, 0.4) is 0 Å². The zero-order chi connectivity index (χ0) is 18.7. The second kappa shape index (κ2) is 7.75. The van der Waals surface area contributed by atoms with E-state index in [9.17, 15) is 13.2 Å². The van der Waals surface area contributed by atoms with Crippen LogP contribution in [-0.2, 0) is 28.1 Å². The molecule has 2 heterocycles. The summed E-state index contributed by atoms with van der Waals surface area (Å²) in [6, 6.07) is 7.47. The molecule has 1 aromatic heterocycles. The van der Waals surface area contributed by atoms with E-state index >= 15 is 0 Å². The quantitative estimate of drug-likeness (QED) is 0.770. The molecule has 1 saturated heterocycles. The van der Waals surface area contributed by atoms with Crippen LogP contribution in [-0.4, -0.2) is 52.3 Å². The highest BCUT2D eigenvalue weighted by atomic mass is 35.5. The highest BCUT2D eigenvalue weighted by molar-refractivity contribution is 7.91. The van der Waals surface area contributed by atoms with E-state index in [0.717, 1.165) is 5.56 Å². The number of hydrogen-bond donors (Lipinski definition) is 0. The van der Waals surface area contributed by atoms with Gasteiger partial charge in [0.05, 0.1) is 5.25 Å². The average Bonchev–Trinajstić information content (AvgIpc) is 3.07. The Labute approximate surface area is 157 Å². The summed E-state index contributed by atoms with van der Waals surface area (Å²) in [4.78, 5) is 14.2. The summed E-state index contributed by atoms with van der Waals surface area (Å²) in [6.45, 7) is 0.881. The molecule has 0 spiro atoms. The lowest BCUT2D eigenvalue weighted by Crippen LogP contribution is -2.43. The SMILES string of the molecule is Cn1cnnc1S(=O)(=O)C1CCN(C(=O)CCc2cccc(Cl)c2)CC1. The summed E-state index contributed by atoms with van der Waals surface area (Å²) in [7, 11) is -1.91. The maximum absolute atomic E-state index is 12.6. The normalized spacial score (nSPS) is 16.0. The molecule has 0 N–H and O–H groups in total. The molecule has 1 aliphatic heterocycles. The fraction of sp³-hybridized carbons (Fsp3) is 0.471. The maximum atomic E-state index is 12.6. The van der Waals surface area contributed by atoms with Crippen molar-refractivity contribution >= 4 is 27.3 Å². The monoisotopic (exact) mass is 396 g/mol. The third kappa shape index (κ3) is 4.07. The first-order valence-electron chi connectivity index (χ1n) is 8.48. The number of amides is 1. The zero-order valence-corrected chi connectivity index (χ0v) is 16.1. The van der Waals surface area contributed by atoms with E-state index < -0.39 is 15.1 Å². The van der Waals surface area contributed by atoms with Crippen LogP contribution in [0.1, 0.15) is 24.8 Å². The van der Waals surface area contributed by atoms with Crippen molar-refractivity contribution in [2.24, 2.45) is 7.05 Å². The number of benzene rings is 1. The Morgan fingerprint density at radius 3 is 2.65 bits per heavy atom. The van der Waals surface area contributed by atoms with Crippen molar-refractivity contribution in [3.8, 4) is 0 Å². The lowest BCUT2D eigenvalue weighted by Gasteiger charge is -2.31. The van der Waals surface area contributed by atoms with Crippen molar-refractivity contribution in [1.29, 1.82) is 0 Å². The van der Waals surface area contributed by atoms with Gasteiger partial charge in [0.1, 0.15) is 6.33 Å². The number of piperidine rings is 1. The molecule has 3 rings (SSSR count). The van der Waals surface area contributed by atoms with Gasteiger partial charge in [0, 0.05) is 31.6 Å². The lowest BCUT2D eigenvalue weighted by molar-refractivity contribution is -0.132. The number of hydrogen-bond acceptors (Lipinski definition) is 5. The van der Waals surface area contributed by atoms with E-state index in [1.165, 1.54) is 10.9 Å². The van der Waals surface area contributed by atoms with E-state index in [1.807, 2.05) is 18.2 Å². The Balaban J connectivity index is 1.55. The van der Waals surface area contributed by atoms with Crippen LogP contribution in [0.25, 0.3) is 0 Å². The van der Waals surface area contributed by atoms with Crippen LogP contribution >= 0.6 is 11.6 Å². The molecule has 0 atom stereocenters. The molecule has 0 saturated carbocycles. The highest BCUT2D eigenvalue weighted by Crippen LogP contribution is 2.23. The molecule has 1 fully saturated rings. The average molecular weight is 397 g/mol. The smallest absolute Gasteiger partial charge is 0.249 e. The van der Waals surface area contributed by atoms with Crippen LogP contribution < -0.4 is 0 Å². The maximum Gasteiger partial charge on any atom is 0.249 e. The Hall–Kier alpha value is -1.93. The van der Waals surface area contributed by atoms with Crippen LogP contribution in [0.5, 0.6) is 0 Å². The number of carbonyl (C=O) groups is 1. The van der Waals surface area contributed by atoms with E-state index in [0.29, 0.717) is 43.8 Å². The first-order valence-corrected chi connectivity index (χ1v) is 10.4. The van der Waals surface area contributed by atoms with Gasteiger partial charge in [-0.05, 0) is 37.0 Å². The predicted octanol–water partition coefficient (Wildman–Crippen LogP) is 1.87. The topological polar surface area (TPSA) is 85.2 Å². The Morgan fingerprint density at radius 1 is 1.31 bits per heavy atom. The fourth-order valence-corrected chi connectivity index (χ4v) is 5.15. The zero-order valence-electron chi connectivity index (χ0n) is 14.5. The molecule has 26 heavy (non-hydrogen) atoms. The molecular formula is C17H21ClN4O3S. The molecule has 1 amide bonds. The largest absolute Gasteiger partial charge is 0.343 e. The number of sulfone groups is 1. The number of rotatable bonds is 5. The summed E-state index contributed by atoms with van der Waals surface area (Å²) in [6.07, 6.45) is 3.22. The number of aromatic nitrogens is 3. The minimum atomic E-state index is -3.52. The molecule has 0 radical (unpaired) electrons. The van der Waals surface area contributed by atoms with E-state index in [4.69, 9.17) is 11.6 Å². The molecule has 2 aromatic rings. The Kier molecular flexibility index (Phi) is 5.62. The summed E-state index contributed by atoms with van der Waals surface area (Å²) in [5, 5.41) is 7.49. The summed E-state index contributed by atoms with van der Waals surface area (Å²) in [5.41, 5.74) is 1.02. The van der Waals surface area contributed by atoms with Crippen molar-refractivity contribution in [2.45, 2.75) is 36.1 Å². The molecule has 1 aromatic carbocycles. The molecule has 0 aliphatic carbocycles. The van der Waals surface area contributed by atoms with Crippen molar-refractivity contribution in [3.63, 3.8) is 0 Å². The van der Waals surface area contributed by atoms with Gasteiger partial charge in [0.2, 0.25) is 20.9 Å². The van der Waals surface area contributed by atoms with Gasteiger partial charge < -0.3 is 9.47 Å². The number of halogens is 1. The third-order valence-electron chi connectivity index (χ3n) is 4.67. The molecule has 9 heteroatoms. The van der Waals surface area contributed by atoms with Crippen molar-refractivity contribution in [2.75, 3.05) is 13.1 Å². The standard InChI is InChI=1S/C17H21ClN4O3S/c1-21-12-19-20-17(21)26(24,25)15-7-9-22(10-8-15)16(23)6-5-13-3-2-4-14(18)11-13/h2-4,11-12,15H,5-10H2,1H3. The third-order valence-corrected chi connectivity index (χ3v) is 7.14. The van der Waals surface area contributed by atoms with Crippen LogP contribution in [0.15, 0.2) is 35.7 Å². The number of aryl methyl sites for hydroxylation is 2. The van der Waals surface area contributed by atoms with Gasteiger partial charge in [0.15, 0.2) is 0 Å². The van der Waals surface area contributed by atoms with Gasteiger partial charge in [-0.2, -0.15) is 0 Å². The van der Waals surface area contributed by atoms with Gasteiger partial charge in [0.25, 0.3) is 0 Å². The minimum absolute atomic E-state index is 0.0109. The molecular weight excluding hydrogens is 376 g/mol. The second-order valence-electron chi connectivity index (χ2n) is 6.48. The van der Waals surface area contributed by atoms with Gasteiger partial charge >= 0.3 is 0 Å². The van der Waals surface area contributed by atoms with Crippen molar-refractivity contribution < 1.29 is 13.2 Å². The summed E-state index contributed by atoms with van der Waals surface area (Å²) < 4.78 is 26.7. The fourth-order valence-electron chi connectivity index (χ4n) is 3.20. The van der Waals surface area contributed by atoms with Crippen LogP contribution in [0, 0.1) is 0 Å². The Bertz CT molecular complexity index is 889. The lowest BCUT2D eigenvalue weighted by atomic mass is 10.1. The predicted molar refractivity (Wildman–Crippen MR) is 97.6 cm³/mol. The number of carbonyl (C=O) groups excluding carboxylic acids is 1. The van der Waals surface area contributed by atoms with E-state index in [-0.39, 0.29) is 11.1 Å². The molecule has 7 nitrogen and oxygen atoms in total. The molecule has 0 bridgehead atoms. The number of likely N-dealkylation sites (tertiary alicyclic amines) is 1. The molecule has 0 unspecified atom stereocenters. The van der Waals surface area contributed by atoms with Crippen LogP contribution in [0.2, 0.25) is 5.02 Å². The van der Waals surface area contributed by atoms with Gasteiger partial charge in [-0.1, -0.05) is 23.7 Å². The van der Waals surface area contributed by atoms with E-state index in [1.54, 1.807) is 18.0 Å². The van der Waals surface area contributed by atoms with Crippen molar-refractivity contribution in [3.05, 3.63) is 41.2 Å². The first-order chi connectivity index (χ1) is 12.4. The first kappa shape index (κ1) is 18.8. The summed E-state index contributed by atoms with van der Waals surface area (Å²) in [5.74, 6) is 0.0412. The van der Waals surface area contributed by atoms with E-state index in [2.05, 4.69) is 10.2 Å². The van der Waals surface area contributed by atoms with Crippen LogP contribution in [0.4, 0.5) is 0 Å². The second-order valence-corrected chi connectivity index (χ2v) is 9.04. The molecule has 1 aliphatic rings. The summed E-state index contributed by atoms with van der Waals surface area (Å²) >= 11 is 5.96. The van der Waals surface area contributed by atoms with Gasteiger partial charge in [-0.25, -0.2) is 8.42 Å². The van der Waals surface area contributed by atoms with Gasteiger partial charge in [-0.15, -0.1) is 10.2 Å². The molecule has 140 valence electrons. The number of nitrogens with zero attached hydrogens (tertiary/aromatic N) is 4. The Morgan fingerprint density at radius 2 is 2.04 bits per heavy atom. The van der Waals surface area contributed by atoms with Gasteiger partial charge in [-0.3, -0.25) is 4.79 Å². The highest BCUT2D eigenvalue weighted by Gasteiger charge is 2.35.